The zero-order chi connectivity index (χ0) is 17.2. The van der Waals surface area contributed by atoms with Crippen LogP contribution in [0.25, 0.3) is 0 Å². The van der Waals surface area contributed by atoms with Crippen molar-refractivity contribution >= 4 is 15.9 Å². The van der Waals surface area contributed by atoms with Crippen molar-refractivity contribution in [1.82, 2.24) is 9.62 Å². The van der Waals surface area contributed by atoms with Crippen LogP contribution in [-0.4, -0.2) is 57.4 Å². The van der Waals surface area contributed by atoms with Gasteiger partial charge in [0.15, 0.2) is 11.5 Å². The molecule has 2 aliphatic rings. The maximum atomic E-state index is 12.2. The number of carbonyl (C=O) groups excluding carboxylic acids is 1. The van der Waals surface area contributed by atoms with Gasteiger partial charge in [-0.05, 0) is 25.0 Å². The van der Waals surface area contributed by atoms with Crippen LogP contribution in [-0.2, 0) is 14.8 Å². The maximum Gasteiger partial charge on any atom is 0.238 e. The summed E-state index contributed by atoms with van der Waals surface area (Å²) in [7, 11) is -3.36. The van der Waals surface area contributed by atoms with E-state index in [1.165, 1.54) is 4.31 Å². The van der Waals surface area contributed by atoms with E-state index in [2.05, 4.69) is 5.32 Å². The second-order valence-corrected chi connectivity index (χ2v) is 7.62. The molecule has 1 N–H and O–H groups in total. The number of carbonyl (C=O) groups is 1. The largest absolute Gasteiger partial charge is 0.492 e. The molecule has 1 aromatic carbocycles. The Bertz CT molecular complexity index is 721. The van der Waals surface area contributed by atoms with Gasteiger partial charge in [-0.1, -0.05) is 0 Å². The van der Waals surface area contributed by atoms with Gasteiger partial charge in [-0.2, -0.15) is 4.31 Å². The number of amides is 1. The Balaban J connectivity index is 1.45. The van der Waals surface area contributed by atoms with E-state index in [9.17, 15) is 13.2 Å². The van der Waals surface area contributed by atoms with Gasteiger partial charge >= 0.3 is 0 Å². The lowest BCUT2D eigenvalue weighted by Crippen LogP contribution is -2.46. The third-order valence-corrected chi connectivity index (χ3v) is 5.24. The molecule has 132 valence electrons. The predicted octanol–water partition coefficient (Wildman–Crippen LogP) is 0.334. The third-order valence-electron chi connectivity index (χ3n) is 3.95. The van der Waals surface area contributed by atoms with Crippen molar-refractivity contribution in [1.29, 1.82) is 0 Å². The van der Waals surface area contributed by atoms with Crippen LogP contribution in [0, 0.1) is 0 Å². The van der Waals surface area contributed by atoms with Crippen LogP contribution in [0.4, 0.5) is 0 Å². The molecule has 2 aliphatic heterocycles. The third kappa shape index (κ3) is 3.73. The number of hydrogen-bond donors (Lipinski definition) is 1. The average Bonchev–Trinajstić information content (AvgIpc) is 3.18. The molecule has 24 heavy (non-hydrogen) atoms. The molecule has 0 radical (unpaired) electrons. The van der Waals surface area contributed by atoms with Gasteiger partial charge in [0.25, 0.3) is 0 Å². The molecule has 0 bridgehead atoms. The molecule has 3 rings (SSSR count). The fraction of sp³-hybridized carbons (Fsp3) is 0.533. The molecular weight excluding hydrogens is 336 g/mol. The Hall–Kier alpha value is -2.00. The Labute approximate surface area is 140 Å². The first kappa shape index (κ1) is 16.8. The summed E-state index contributed by atoms with van der Waals surface area (Å²) in [5.41, 5.74) is 0. The molecule has 2 heterocycles. The van der Waals surface area contributed by atoms with Crippen LogP contribution >= 0.6 is 0 Å². The SMILES string of the molecule is CS(=O)(=O)N1CCCC1C(=O)NCCOc1ccc2c(c1)OCO2. The predicted molar refractivity (Wildman–Crippen MR) is 85.6 cm³/mol. The van der Waals surface area contributed by atoms with Gasteiger partial charge in [-0.3, -0.25) is 4.79 Å². The lowest BCUT2D eigenvalue weighted by atomic mass is 10.2. The van der Waals surface area contributed by atoms with Gasteiger partial charge in [0, 0.05) is 12.6 Å². The van der Waals surface area contributed by atoms with Gasteiger partial charge in [0.05, 0.1) is 12.8 Å². The summed E-state index contributed by atoms with van der Waals surface area (Å²) in [4.78, 5) is 12.2. The zero-order valence-corrected chi connectivity index (χ0v) is 14.2. The van der Waals surface area contributed by atoms with Crippen LogP contribution in [0.2, 0.25) is 0 Å². The summed E-state index contributed by atoms with van der Waals surface area (Å²) in [6.07, 6.45) is 2.36. The lowest BCUT2D eigenvalue weighted by Gasteiger charge is -2.21. The number of ether oxygens (including phenoxy) is 3. The van der Waals surface area contributed by atoms with Crippen molar-refractivity contribution < 1.29 is 27.4 Å². The van der Waals surface area contributed by atoms with E-state index in [1.807, 2.05) is 0 Å². The first-order valence-corrected chi connectivity index (χ1v) is 9.57. The summed E-state index contributed by atoms with van der Waals surface area (Å²) in [5, 5.41) is 2.72. The smallest absolute Gasteiger partial charge is 0.238 e. The summed E-state index contributed by atoms with van der Waals surface area (Å²) >= 11 is 0. The molecule has 9 heteroatoms. The van der Waals surface area contributed by atoms with Crippen molar-refractivity contribution in [3.05, 3.63) is 18.2 Å². The summed E-state index contributed by atoms with van der Waals surface area (Å²) in [6, 6.07) is 4.63. The van der Waals surface area contributed by atoms with E-state index < -0.39 is 16.1 Å². The van der Waals surface area contributed by atoms with Crippen LogP contribution < -0.4 is 19.5 Å². The Kier molecular flexibility index (Phi) is 4.81. The number of nitrogens with zero attached hydrogens (tertiary/aromatic N) is 1. The van der Waals surface area contributed by atoms with Gasteiger partial charge in [-0.15, -0.1) is 0 Å². The van der Waals surface area contributed by atoms with Crippen LogP contribution in [0.5, 0.6) is 17.2 Å². The molecular formula is C15H20N2O6S. The molecule has 0 saturated carbocycles. The van der Waals surface area contributed by atoms with Gasteiger partial charge < -0.3 is 19.5 Å². The van der Waals surface area contributed by atoms with E-state index in [0.717, 1.165) is 6.26 Å². The molecule has 1 fully saturated rings. The lowest BCUT2D eigenvalue weighted by molar-refractivity contribution is -0.124. The van der Waals surface area contributed by atoms with Crippen molar-refractivity contribution in [2.24, 2.45) is 0 Å². The van der Waals surface area contributed by atoms with Crippen molar-refractivity contribution in [2.45, 2.75) is 18.9 Å². The summed E-state index contributed by atoms with van der Waals surface area (Å²) < 4.78 is 40.6. The van der Waals surface area contributed by atoms with Crippen LogP contribution in [0.1, 0.15) is 12.8 Å². The minimum atomic E-state index is -3.36. The molecule has 1 atom stereocenters. The second kappa shape index (κ2) is 6.86. The van der Waals surface area contributed by atoms with E-state index >= 15 is 0 Å². The Morgan fingerprint density at radius 3 is 2.96 bits per heavy atom. The van der Waals surface area contributed by atoms with E-state index in [4.69, 9.17) is 14.2 Å². The summed E-state index contributed by atoms with van der Waals surface area (Å²) in [6.45, 7) is 1.16. The minimum absolute atomic E-state index is 0.201. The highest BCUT2D eigenvalue weighted by Gasteiger charge is 2.36. The number of sulfonamides is 1. The molecule has 0 spiro atoms. The van der Waals surface area contributed by atoms with Gasteiger partial charge in [-0.25, -0.2) is 8.42 Å². The average molecular weight is 356 g/mol. The normalized spacial score (nSPS) is 20.1. The Morgan fingerprint density at radius 1 is 1.38 bits per heavy atom. The van der Waals surface area contributed by atoms with Crippen molar-refractivity contribution in [3.63, 3.8) is 0 Å². The van der Waals surface area contributed by atoms with Crippen molar-refractivity contribution in [2.75, 3.05) is 32.7 Å². The van der Waals surface area contributed by atoms with Crippen molar-refractivity contribution in [3.8, 4) is 17.2 Å². The Morgan fingerprint density at radius 2 is 2.17 bits per heavy atom. The standard InChI is InChI=1S/C15H20N2O6S/c1-24(19,20)17-7-2-3-12(17)15(18)16-6-8-21-11-4-5-13-14(9-11)23-10-22-13/h4-5,9,12H,2-3,6-8,10H2,1H3,(H,16,18). The molecule has 1 unspecified atom stereocenters. The fourth-order valence-corrected chi connectivity index (χ4v) is 3.95. The number of hydrogen-bond acceptors (Lipinski definition) is 6. The molecule has 0 aliphatic carbocycles. The fourth-order valence-electron chi connectivity index (χ4n) is 2.83. The monoisotopic (exact) mass is 356 g/mol. The first-order chi connectivity index (χ1) is 11.4. The second-order valence-electron chi connectivity index (χ2n) is 5.69. The first-order valence-electron chi connectivity index (χ1n) is 7.72. The molecule has 8 nitrogen and oxygen atoms in total. The van der Waals surface area contributed by atoms with Gasteiger partial charge in [0.1, 0.15) is 18.4 Å². The van der Waals surface area contributed by atoms with E-state index in [1.54, 1.807) is 18.2 Å². The van der Waals surface area contributed by atoms with Crippen LogP contribution in [0.3, 0.4) is 0 Å². The zero-order valence-electron chi connectivity index (χ0n) is 13.4. The molecule has 1 saturated heterocycles. The maximum absolute atomic E-state index is 12.2. The minimum Gasteiger partial charge on any atom is -0.492 e. The molecule has 0 aromatic heterocycles. The summed E-state index contributed by atoms with van der Waals surface area (Å²) in [5.74, 6) is 1.64. The molecule has 1 amide bonds. The number of benzene rings is 1. The highest BCUT2D eigenvalue weighted by Crippen LogP contribution is 2.34. The number of fused-ring (bicyclic) bond motifs is 1. The number of nitrogens with one attached hydrogen (secondary N) is 1. The van der Waals surface area contributed by atoms with E-state index in [0.29, 0.717) is 43.2 Å². The number of rotatable bonds is 6. The van der Waals surface area contributed by atoms with Crippen LogP contribution in [0.15, 0.2) is 18.2 Å². The highest BCUT2D eigenvalue weighted by molar-refractivity contribution is 7.88. The quantitative estimate of drug-likeness (QED) is 0.739. The van der Waals surface area contributed by atoms with E-state index in [-0.39, 0.29) is 19.3 Å². The van der Waals surface area contributed by atoms with Gasteiger partial charge in [0.2, 0.25) is 22.7 Å². The topological polar surface area (TPSA) is 94.2 Å². The molecule has 1 aromatic rings. The highest BCUT2D eigenvalue weighted by atomic mass is 32.2.